The molecule has 0 saturated heterocycles. The van der Waals surface area contributed by atoms with E-state index in [1.165, 1.54) is 0 Å². The Morgan fingerprint density at radius 1 is 1.08 bits per heavy atom. The van der Waals surface area contributed by atoms with E-state index in [1.807, 2.05) is 73.6 Å². The van der Waals surface area contributed by atoms with Gasteiger partial charge < -0.3 is 20.6 Å². The molecular weight excluding hydrogens is 314 g/mol. The van der Waals surface area contributed by atoms with E-state index in [0.29, 0.717) is 6.42 Å². The van der Waals surface area contributed by atoms with Crippen LogP contribution < -0.4 is 15.5 Å². The second-order valence-corrected chi connectivity index (χ2v) is 6.20. The molecule has 1 atom stereocenters. The Bertz CT molecular complexity index is 642. The third kappa shape index (κ3) is 6.21. The number of benzene rings is 2. The van der Waals surface area contributed by atoms with E-state index >= 15 is 0 Å². The topological polar surface area (TPSA) is 64.6 Å². The van der Waals surface area contributed by atoms with Gasteiger partial charge in [-0.1, -0.05) is 30.3 Å². The van der Waals surface area contributed by atoms with Crippen LogP contribution in [0.4, 0.5) is 11.4 Å². The molecule has 1 unspecified atom stereocenters. The van der Waals surface area contributed by atoms with Crippen molar-refractivity contribution in [3.05, 3.63) is 60.2 Å². The predicted molar refractivity (Wildman–Crippen MR) is 103 cm³/mol. The average Bonchev–Trinajstić information content (AvgIpc) is 2.63. The summed E-state index contributed by atoms with van der Waals surface area (Å²) in [6.45, 7) is 0.371. The van der Waals surface area contributed by atoms with Crippen molar-refractivity contribution in [1.29, 1.82) is 0 Å². The molecule has 2 rings (SSSR count). The maximum absolute atomic E-state index is 12.2. The smallest absolute Gasteiger partial charge is 0.238 e. The summed E-state index contributed by atoms with van der Waals surface area (Å²) in [5.41, 5.74) is 2.99. The summed E-state index contributed by atoms with van der Waals surface area (Å²) >= 11 is 0. The van der Waals surface area contributed by atoms with Crippen LogP contribution in [0.3, 0.4) is 0 Å². The molecular formula is C20H27N3O2. The molecule has 0 bridgehead atoms. The van der Waals surface area contributed by atoms with Crippen molar-refractivity contribution < 1.29 is 9.90 Å². The summed E-state index contributed by atoms with van der Waals surface area (Å²) in [4.78, 5) is 14.2. The Hall–Kier alpha value is -2.37. The minimum Gasteiger partial charge on any atom is -0.396 e. The molecule has 0 aliphatic carbocycles. The van der Waals surface area contributed by atoms with Gasteiger partial charge in [0.2, 0.25) is 5.91 Å². The second kappa shape index (κ2) is 9.81. The molecule has 5 heteroatoms. The second-order valence-electron chi connectivity index (χ2n) is 6.20. The van der Waals surface area contributed by atoms with Crippen LogP contribution in [0.1, 0.15) is 24.4 Å². The maximum atomic E-state index is 12.2. The van der Waals surface area contributed by atoms with Crippen molar-refractivity contribution in [3.8, 4) is 0 Å². The number of nitrogens with zero attached hydrogens (tertiary/aromatic N) is 1. The molecule has 0 heterocycles. The molecule has 2 aromatic rings. The summed E-state index contributed by atoms with van der Waals surface area (Å²) in [5.74, 6) is -0.0810. The number of hydrogen-bond acceptors (Lipinski definition) is 4. The van der Waals surface area contributed by atoms with Crippen molar-refractivity contribution in [3.63, 3.8) is 0 Å². The Morgan fingerprint density at radius 3 is 2.36 bits per heavy atom. The molecule has 134 valence electrons. The summed E-state index contributed by atoms with van der Waals surface area (Å²) in [5, 5.41) is 15.3. The Kier molecular flexibility index (Phi) is 7.44. The van der Waals surface area contributed by atoms with Crippen molar-refractivity contribution >= 4 is 17.3 Å². The number of anilines is 2. The number of hydrogen-bond donors (Lipinski definition) is 3. The molecule has 1 amide bonds. The number of carbonyl (C=O) groups excluding carboxylic acids is 1. The van der Waals surface area contributed by atoms with Gasteiger partial charge in [0.25, 0.3) is 0 Å². The quantitative estimate of drug-likeness (QED) is 0.656. The first-order valence-corrected chi connectivity index (χ1v) is 8.56. The number of amides is 1. The first-order chi connectivity index (χ1) is 12.1. The van der Waals surface area contributed by atoms with Crippen LogP contribution in [0, 0.1) is 0 Å². The molecule has 0 aromatic heterocycles. The highest BCUT2D eigenvalue weighted by Crippen LogP contribution is 2.18. The van der Waals surface area contributed by atoms with Gasteiger partial charge in [-0.05, 0) is 42.7 Å². The molecule has 0 aliphatic rings. The van der Waals surface area contributed by atoms with Gasteiger partial charge in [-0.3, -0.25) is 4.79 Å². The fraction of sp³-hybridized carbons (Fsp3) is 0.350. The van der Waals surface area contributed by atoms with E-state index < -0.39 is 0 Å². The molecule has 0 spiro atoms. The normalized spacial score (nSPS) is 11.8. The van der Waals surface area contributed by atoms with Crippen LogP contribution in [-0.2, 0) is 4.79 Å². The third-order valence-electron chi connectivity index (χ3n) is 4.03. The highest BCUT2D eigenvalue weighted by Gasteiger charge is 2.12. The third-order valence-corrected chi connectivity index (χ3v) is 4.03. The van der Waals surface area contributed by atoms with Gasteiger partial charge in [-0.15, -0.1) is 0 Å². The lowest BCUT2D eigenvalue weighted by molar-refractivity contribution is -0.115. The van der Waals surface area contributed by atoms with Gasteiger partial charge in [0.15, 0.2) is 0 Å². The molecule has 25 heavy (non-hydrogen) atoms. The standard InChI is InChI=1S/C20H27N3O2/c1-23(2)18-12-10-17(11-13-18)22-20(25)15-21-19(9-6-14-24)16-7-4-3-5-8-16/h3-5,7-8,10-13,19,21,24H,6,9,14-15H2,1-2H3,(H,22,25). The molecule has 5 nitrogen and oxygen atoms in total. The zero-order valence-corrected chi connectivity index (χ0v) is 14.9. The van der Waals surface area contributed by atoms with E-state index in [2.05, 4.69) is 10.6 Å². The van der Waals surface area contributed by atoms with Crippen molar-refractivity contribution in [1.82, 2.24) is 5.32 Å². The summed E-state index contributed by atoms with van der Waals surface area (Å²) < 4.78 is 0. The number of rotatable bonds is 9. The van der Waals surface area contributed by atoms with Crippen LogP contribution in [0.5, 0.6) is 0 Å². The van der Waals surface area contributed by atoms with Crippen molar-refractivity contribution in [2.45, 2.75) is 18.9 Å². The highest BCUT2D eigenvalue weighted by molar-refractivity contribution is 5.92. The largest absolute Gasteiger partial charge is 0.396 e. The van der Waals surface area contributed by atoms with Crippen LogP contribution in [0.2, 0.25) is 0 Å². The molecule has 0 radical (unpaired) electrons. The number of carbonyl (C=O) groups is 1. The number of aliphatic hydroxyl groups is 1. The van der Waals surface area contributed by atoms with Crippen LogP contribution in [0.25, 0.3) is 0 Å². The Labute approximate surface area is 149 Å². The predicted octanol–water partition coefficient (Wildman–Crippen LogP) is 2.79. The van der Waals surface area contributed by atoms with Crippen LogP contribution in [0.15, 0.2) is 54.6 Å². The lowest BCUT2D eigenvalue weighted by Gasteiger charge is -2.19. The Morgan fingerprint density at radius 2 is 1.76 bits per heavy atom. The van der Waals surface area contributed by atoms with Crippen LogP contribution >= 0.6 is 0 Å². The van der Waals surface area contributed by atoms with Gasteiger partial charge in [-0.25, -0.2) is 0 Å². The molecule has 3 N–H and O–H groups in total. The SMILES string of the molecule is CN(C)c1ccc(NC(=O)CNC(CCCO)c2ccccc2)cc1. The fourth-order valence-electron chi connectivity index (χ4n) is 2.63. The molecule has 0 aliphatic heterocycles. The van der Waals surface area contributed by atoms with Crippen molar-refractivity contribution in [2.24, 2.45) is 0 Å². The van der Waals surface area contributed by atoms with E-state index in [-0.39, 0.29) is 25.1 Å². The lowest BCUT2D eigenvalue weighted by Crippen LogP contribution is -2.31. The van der Waals surface area contributed by atoms with E-state index in [1.54, 1.807) is 0 Å². The summed E-state index contributed by atoms with van der Waals surface area (Å²) in [6, 6.07) is 17.8. The van der Waals surface area contributed by atoms with Gasteiger partial charge in [-0.2, -0.15) is 0 Å². The zero-order chi connectivity index (χ0) is 18.1. The van der Waals surface area contributed by atoms with Gasteiger partial charge in [0.1, 0.15) is 0 Å². The van der Waals surface area contributed by atoms with E-state index in [9.17, 15) is 4.79 Å². The summed E-state index contributed by atoms with van der Waals surface area (Å²) in [7, 11) is 3.96. The van der Waals surface area contributed by atoms with Gasteiger partial charge in [0.05, 0.1) is 6.54 Å². The molecule has 2 aromatic carbocycles. The van der Waals surface area contributed by atoms with Crippen molar-refractivity contribution in [2.75, 3.05) is 37.5 Å². The minimum absolute atomic E-state index is 0.0511. The summed E-state index contributed by atoms with van der Waals surface area (Å²) in [6.07, 6.45) is 1.48. The van der Waals surface area contributed by atoms with Crippen LogP contribution in [-0.4, -0.2) is 38.3 Å². The first kappa shape index (κ1) is 19.0. The minimum atomic E-state index is -0.0810. The highest BCUT2D eigenvalue weighted by atomic mass is 16.2. The number of nitrogens with one attached hydrogen (secondary N) is 2. The zero-order valence-electron chi connectivity index (χ0n) is 14.9. The fourth-order valence-corrected chi connectivity index (χ4v) is 2.63. The van der Waals surface area contributed by atoms with Gasteiger partial charge in [0, 0.05) is 38.1 Å². The monoisotopic (exact) mass is 341 g/mol. The Balaban J connectivity index is 1.89. The van der Waals surface area contributed by atoms with Gasteiger partial charge >= 0.3 is 0 Å². The molecule has 0 fully saturated rings. The van der Waals surface area contributed by atoms with E-state index in [4.69, 9.17) is 5.11 Å². The van der Waals surface area contributed by atoms with E-state index in [0.717, 1.165) is 23.4 Å². The lowest BCUT2D eigenvalue weighted by atomic mass is 10.0. The number of aliphatic hydroxyl groups excluding tert-OH is 1. The average molecular weight is 341 g/mol. The molecule has 0 saturated carbocycles. The first-order valence-electron chi connectivity index (χ1n) is 8.56. The maximum Gasteiger partial charge on any atom is 0.238 e.